The highest BCUT2D eigenvalue weighted by Crippen LogP contribution is 2.16. The molecular weight excluding hydrogens is 306 g/mol. The molecule has 0 saturated heterocycles. The SMILES string of the molecule is COC(CC(C)C)CS(=O)(=O)N[C@@H](C(=O)O)c1ccccc1. The molecule has 0 aromatic heterocycles. The Hall–Kier alpha value is -1.44. The van der Waals surface area contributed by atoms with Crippen LogP contribution in [0.3, 0.4) is 0 Å². The van der Waals surface area contributed by atoms with Gasteiger partial charge in [0, 0.05) is 7.11 Å². The molecule has 0 spiro atoms. The summed E-state index contributed by atoms with van der Waals surface area (Å²) in [7, 11) is -2.33. The molecule has 0 saturated carbocycles. The Morgan fingerprint density at radius 1 is 1.27 bits per heavy atom. The van der Waals surface area contributed by atoms with Crippen LogP contribution in [0.2, 0.25) is 0 Å². The third-order valence-electron chi connectivity index (χ3n) is 3.15. The molecule has 0 fully saturated rings. The monoisotopic (exact) mass is 329 g/mol. The summed E-state index contributed by atoms with van der Waals surface area (Å²) in [5.74, 6) is -1.23. The van der Waals surface area contributed by atoms with Gasteiger partial charge >= 0.3 is 5.97 Å². The number of carboxylic acid groups (broad SMARTS) is 1. The summed E-state index contributed by atoms with van der Waals surface area (Å²) >= 11 is 0. The normalized spacial score (nSPS) is 14.7. The van der Waals surface area contributed by atoms with Gasteiger partial charge in [0.25, 0.3) is 0 Å². The van der Waals surface area contributed by atoms with Crippen molar-refractivity contribution in [2.75, 3.05) is 12.9 Å². The second-order valence-electron chi connectivity index (χ2n) is 5.57. The van der Waals surface area contributed by atoms with Crippen molar-refractivity contribution < 1.29 is 23.1 Å². The number of carbonyl (C=O) groups is 1. The van der Waals surface area contributed by atoms with E-state index in [0.717, 1.165) is 0 Å². The zero-order valence-electron chi connectivity index (χ0n) is 13.0. The highest BCUT2D eigenvalue weighted by atomic mass is 32.2. The molecule has 22 heavy (non-hydrogen) atoms. The van der Waals surface area contributed by atoms with Crippen molar-refractivity contribution in [1.82, 2.24) is 4.72 Å². The number of aliphatic carboxylic acids is 1. The van der Waals surface area contributed by atoms with Crippen molar-refractivity contribution >= 4 is 16.0 Å². The Morgan fingerprint density at radius 3 is 2.32 bits per heavy atom. The number of carboxylic acids is 1. The topological polar surface area (TPSA) is 92.7 Å². The van der Waals surface area contributed by atoms with Gasteiger partial charge in [0.2, 0.25) is 10.0 Å². The number of sulfonamides is 1. The quantitative estimate of drug-likeness (QED) is 0.720. The number of hydrogen-bond donors (Lipinski definition) is 2. The van der Waals surface area contributed by atoms with Gasteiger partial charge in [-0.25, -0.2) is 8.42 Å². The van der Waals surface area contributed by atoms with Crippen LogP contribution < -0.4 is 4.72 Å². The molecule has 2 N–H and O–H groups in total. The molecule has 0 bridgehead atoms. The summed E-state index contributed by atoms with van der Waals surface area (Å²) in [5, 5.41) is 9.27. The predicted octanol–water partition coefficient (Wildman–Crippen LogP) is 1.79. The van der Waals surface area contributed by atoms with Crippen LogP contribution in [0.25, 0.3) is 0 Å². The molecule has 7 heteroatoms. The van der Waals surface area contributed by atoms with Crippen molar-refractivity contribution in [2.45, 2.75) is 32.4 Å². The van der Waals surface area contributed by atoms with Gasteiger partial charge in [0.05, 0.1) is 11.9 Å². The molecule has 0 aliphatic carbocycles. The van der Waals surface area contributed by atoms with Gasteiger partial charge in [-0.3, -0.25) is 4.79 Å². The highest BCUT2D eigenvalue weighted by Gasteiger charge is 2.28. The molecule has 2 atom stereocenters. The Balaban J connectivity index is 2.86. The van der Waals surface area contributed by atoms with Crippen molar-refractivity contribution in [3.8, 4) is 0 Å². The van der Waals surface area contributed by atoms with Crippen molar-refractivity contribution in [3.63, 3.8) is 0 Å². The molecule has 1 aromatic carbocycles. The van der Waals surface area contributed by atoms with Gasteiger partial charge in [0.15, 0.2) is 0 Å². The van der Waals surface area contributed by atoms with Crippen LogP contribution in [-0.2, 0) is 19.6 Å². The molecule has 1 rings (SSSR count). The Kier molecular flexibility index (Phi) is 6.99. The average molecular weight is 329 g/mol. The summed E-state index contributed by atoms with van der Waals surface area (Å²) < 4.78 is 31.8. The minimum absolute atomic E-state index is 0.266. The fourth-order valence-corrected chi connectivity index (χ4v) is 3.59. The minimum atomic E-state index is -3.79. The molecule has 1 aromatic rings. The van der Waals surface area contributed by atoms with E-state index in [1.165, 1.54) is 7.11 Å². The molecule has 0 aliphatic heterocycles. The van der Waals surface area contributed by atoms with Gasteiger partial charge < -0.3 is 9.84 Å². The summed E-state index contributed by atoms with van der Waals surface area (Å²) in [6.45, 7) is 3.94. The van der Waals surface area contributed by atoms with Crippen LogP contribution in [0.15, 0.2) is 30.3 Å². The van der Waals surface area contributed by atoms with E-state index in [2.05, 4.69) is 4.72 Å². The number of rotatable bonds is 9. The smallest absolute Gasteiger partial charge is 0.326 e. The summed E-state index contributed by atoms with van der Waals surface area (Å²) in [4.78, 5) is 11.4. The van der Waals surface area contributed by atoms with E-state index in [1.807, 2.05) is 13.8 Å². The number of nitrogens with one attached hydrogen (secondary N) is 1. The Morgan fingerprint density at radius 2 is 1.86 bits per heavy atom. The van der Waals surface area contributed by atoms with E-state index in [0.29, 0.717) is 12.0 Å². The second kappa shape index (κ2) is 8.26. The van der Waals surface area contributed by atoms with Crippen LogP contribution in [-0.4, -0.2) is 38.5 Å². The van der Waals surface area contributed by atoms with Gasteiger partial charge in [-0.1, -0.05) is 44.2 Å². The van der Waals surface area contributed by atoms with E-state index in [9.17, 15) is 18.3 Å². The molecule has 6 nitrogen and oxygen atoms in total. The largest absolute Gasteiger partial charge is 0.480 e. The lowest BCUT2D eigenvalue weighted by atomic mass is 10.1. The molecule has 0 radical (unpaired) electrons. The zero-order valence-corrected chi connectivity index (χ0v) is 13.8. The fraction of sp³-hybridized carbons (Fsp3) is 0.533. The predicted molar refractivity (Wildman–Crippen MR) is 84.0 cm³/mol. The van der Waals surface area contributed by atoms with Crippen LogP contribution in [0, 0.1) is 5.92 Å². The summed E-state index contributed by atoms with van der Waals surface area (Å²) in [6.07, 6.45) is 0.114. The number of hydrogen-bond acceptors (Lipinski definition) is 4. The zero-order chi connectivity index (χ0) is 16.8. The highest BCUT2D eigenvalue weighted by molar-refractivity contribution is 7.89. The molecule has 124 valence electrons. The van der Waals surface area contributed by atoms with Crippen LogP contribution in [0.5, 0.6) is 0 Å². The first-order valence-electron chi connectivity index (χ1n) is 7.05. The molecular formula is C15H23NO5S. The maximum absolute atomic E-state index is 12.2. The first-order valence-corrected chi connectivity index (χ1v) is 8.71. The molecule has 0 heterocycles. The van der Waals surface area contributed by atoms with Crippen LogP contribution in [0.4, 0.5) is 0 Å². The molecule has 0 aliphatic rings. The fourth-order valence-electron chi connectivity index (χ4n) is 2.14. The van der Waals surface area contributed by atoms with Gasteiger partial charge in [0.1, 0.15) is 6.04 Å². The van der Waals surface area contributed by atoms with Crippen molar-refractivity contribution in [2.24, 2.45) is 5.92 Å². The second-order valence-corrected chi connectivity index (χ2v) is 7.37. The van der Waals surface area contributed by atoms with Crippen LogP contribution in [0.1, 0.15) is 31.9 Å². The van der Waals surface area contributed by atoms with Gasteiger partial charge in [-0.15, -0.1) is 0 Å². The number of methoxy groups -OCH3 is 1. The van der Waals surface area contributed by atoms with E-state index in [4.69, 9.17) is 4.74 Å². The third kappa shape index (κ3) is 6.13. The maximum Gasteiger partial charge on any atom is 0.326 e. The van der Waals surface area contributed by atoms with Gasteiger partial charge in [-0.2, -0.15) is 4.72 Å². The third-order valence-corrected chi connectivity index (χ3v) is 4.56. The van der Waals surface area contributed by atoms with E-state index in [1.54, 1.807) is 30.3 Å². The standard InChI is InChI=1S/C15H23NO5S/c1-11(2)9-13(21-3)10-22(19,20)16-14(15(17)18)12-7-5-4-6-8-12/h4-8,11,13-14,16H,9-10H2,1-3H3,(H,17,18)/t13?,14-/m1/s1. The van der Waals surface area contributed by atoms with Crippen molar-refractivity contribution in [1.29, 1.82) is 0 Å². The van der Waals surface area contributed by atoms with Gasteiger partial charge in [-0.05, 0) is 17.9 Å². The van der Waals surface area contributed by atoms with Crippen molar-refractivity contribution in [3.05, 3.63) is 35.9 Å². The molecule has 1 unspecified atom stereocenters. The number of ether oxygens (including phenoxy) is 1. The Labute approximate surface area is 131 Å². The lowest BCUT2D eigenvalue weighted by molar-refractivity contribution is -0.139. The Bertz CT molecular complexity index is 571. The average Bonchev–Trinajstić information content (AvgIpc) is 2.44. The first kappa shape index (κ1) is 18.6. The minimum Gasteiger partial charge on any atom is -0.480 e. The van der Waals surface area contributed by atoms with Crippen LogP contribution >= 0.6 is 0 Å². The van der Waals surface area contributed by atoms with E-state index >= 15 is 0 Å². The lowest BCUT2D eigenvalue weighted by Crippen LogP contribution is -2.39. The number of benzene rings is 1. The lowest BCUT2D eigenvalue weighted by Gasteiger charge is -2.20. The van der Waals surface area contributed by atoms with E-state index < -0.39 is 28.1 Å². The summed E-state index contributed by atoms with van der Waals surface area (Å²) in [6, 6.07) is 6.90. The summed E-state index contributed by atoms with van der Waals surface area (Å²) in [5.41, 5.74) is 0.386. The van der Waals surface area contributed by atoms with E-state index in [-0.39, 0.29) is 11.7 Å². The maximum atomic E-state index is 12.2. The molecule has 0 amide bonds. The first-order chi connectivity index (χ1) is 10.2.